The van der Waals surface area contributed by atoms with E-state index >= 15 is 0 Å². The van der Waals surface area contributed by atoms with Crippen LogP contribution in [0.15, 0.2) is 34.9 Å². The second kappa shape index (κ2) is 7.34. The predicted octanol–water partition coefficient (Wildman–Crippen LogP) is 3.15. The van der Waals surface area contributed by atoms with Gasteiger partial charge in [0.05, 0.1) is 11.9 Å². The molecule has 1 heterocycles. The monoisotopic (exact) mass is 330 g/mol. The lowest BCUT2D eigenvalue weighted by atomic mass is 10.2. The number of ether oxygens (including phenoxy) is 1. The van der Waals surface area contributed by atoms with Crippen molar-refractivity contribution in [3.63, 3.8) is 0 Å². The second-order valence-electron chi connectivity index (χ2n) is 5.04. The van der Waals surface area contributed by atoms with E-state index in [4.69, 9.17) is 4.74 Å². The topological polar surface area (TPSA) is 70.4 Å². The molecule has 1 saturated heterocycles. The van der Waals surface area contributed by atoms with Gasteiger partial charge >= 0.3 is 5.97 Å². The molecule has 0 saturated carbocycles. The lowest BCUT2D eigenvalue weighted by Gasteiger charge is -2.18. The van der Waals surface area contributed by atoms with Gasteiger partial charge in [-0.3, -0.25) is 9.69 Å². The molecule has 1 amide bonds. The number of amides is 1. The van der Waals surface area contributed by atoms with Crippen molar-refractivity contribution in [1.82, 2.24) is 0 Å². The van der Waals surface area contributed by atoms with Crippen molar-refractivity contribution in [3.05, 3.63) is 40.4 Å². The Bertz CT molecular complexity index is 689. The zero-order valence-electron chi connectivity index (χ0n) is 13.3. The SMILES string of the molecule is CCOC(=O)/C(C#N)=C1/S[C@H](CC)C(=O)N1c1ccc(C)cc1. The van der Waals surface area contributed by atoms with Crippen molar-refractivity contribution in [1.29, 1.82) is 5.26 Å². The Morgan fingerprint density at radius 2 is 2.00 bits per heavy atom. The number of nitrogens with zero attached hydrogens (tertiary/aromatic N) is 2. The number of carbonyl (C=O) groups excluding carboxylic acids is 2. The van der Waals surface area contributed by atoms with E-state index in [2.05, 4.69) is 0 Å². The Hall–Kier alpha value is -2.26. The first-order chi connectivity index (χ1) is 11.0. The van der Waals surface area contributed by atoms with E-state index in [1.165, 1.54) is 16.7 Å². The molecule has 23 heavy (non-hydrogen) atoms. The van der Waals surface area contributed by atoms with Gasteiger partial charge in [-0.1, -0.05) is 36.4 Å². The van der Waals surface area contributed by atoms with Gasteiger partial charge in [-0.05, 0) is 32.4 Å². The van der Waals surface area contributed by atoms with E-state index in [-0.39, 0.29) is 23.3 Å². The average molecular weight is 330 g/mol. The number of nitriles is 1. The van der Waals surface area contributed by atoms with Crippen LogP contribution in [-0.2, 0) is 14.3 Å². The molecular formula is C17H18N2O3S. The molecule has 5 nitrogen and oxygen atoms in total. The van der Waals surface area contributed by atoms with Gasteiger partial charge in [0.15, 0.2) is 5.57 Å². The van der Waals surface area contributed by atoms with Crippen molar-refractivity contribution in [2.24, 2.45) is 0 Å². The molecule has 0 N–H and O–H groups in total. The van der Waals surface area contributed by atoms with Crippen molar-refractivity contribution >= 4 is 29.3 Å². The van der Waals surface area contributed by atoms with Gasteiger partial charge in [-0.15, -0.1) is 0 Å². The predicted molar refractivity (Wildman–Crippen MR) is 89.6 cm³/mol. The minimum atomic E-state index is -0.695. The van der Waals surface area contributed by atoms with Gasteiger partial charge in [0.25, 0.3) is 0 Å². The third kappa shape index (κ3) is 3.40. The summed E-state index contributed by atoms with van der Waals surface area (Å²) in [5.41, 5.74) is 1.59. The van der Waals surface area contributed by atoms with Crippen LogP contribution in [0.3, 0.4) is 0 Å². The number of aryl methyl sites for hydroxylation is 1. The molecule has 1 aromatic rings. The summed E-state index contributed by atoms with van der Waals surface area (Å²) in [6.45, 7) is 5.71. The molecule has 0 bridgehead atoms. The van der Waals surface area contributed by atoms with Gasteiger partial charge in [-0.25, -0.2) is 4.79 Å². The Morgan fingerprint density at radius 1 is 1.35 bits per heavy atom. The number of esters is 1. The molecule has 6 heteroatoms. The summed E-state index contributed by atoms with van der Waals surface area (Å²) in [6.07, 6.45) is 0.622. The van der Waals surface area contributed by atoms with Gasteiger partial charge in [-0.2, -0.15) is 5.26 Å². The smallest absolute Gasteiger partial charge is 0.351 e. The number of rotatable bonds is 4. The number of thioether (sulfide) groups is 1. The summed E-state index contributed by atoms with van der Waals surface area (Å²) in [7, 11) is 0. The van der Waals surface area contributed by atoms with Crippen LogP contribution in [0.2, 0.25) is 0 Å². The van der Waals surface area contributed by atoms with Crippen LogP contribution in [0.1, 0.15) is 25.8 Å². The van der Waals surface area contributed by atoms with E-state index in [1.807, 2.05) is 44.2 Å². The fourth-order valence-electron chi connectivity index (χ4n) is 2.23. The summed E-state index contributed by atoms with van der Waals surface area (Å²) in [5, 5.41) is 9.43. The van der Waals surface area contributed by atoms with E-state index in [0.717, 1.165) is 5.56 Å². The van der Waals surface area contributed by atoms with Crippen molar-refractivity contribution in [2.45, 2.75) is 32.4 Å². The largest absolute Gasteiger partial charge is 0.462 e. The van der Waals surface area contributed by atoms with Crippen LogP contribution in [0, 0.1) is 18.3 Å². The molecule has 1 aliphatic rings. The Morgan fingerprint density at radius 3 is 2.52 bits per heavy atom. The maximum atomic E-state index is 12.6. The maximum absolute atomic E-state index is 12.6. The van der Waals surface area contributed by atoms with E-state index in [1.54, 1.807) is 6.92 Å². The first-order valence-electron chi connectivity index (χ1n) is 7.42. The summed E-state index contributed by atoms with van der Waals surface area (Å²) >= 11 is 1.25. The lowest BCUT2D eigenvalue weighted by Crippen LogP contribution is -2.29. The van der Waals surface area contributed by atoms with Crippen molar-refractivity contribution in [2.75, 3.05) is 11.5 Å². The van der Waals surface area contributed by atoms with Crippen LogP contribution in [-0.4, -0.2) is 23.7 Å². The molecule has 0 aromatic heterocycles. The van der Waals surface area contributed by atoms with Crippen LogP contribution in [0.25, 0.3) is 0 Å². The third-order valence-corrected chi connectivity index (χ3v) is 4.85. The molecular weight excluding hydrogens is 312 g/mol. The molecule has 1 atom stereocenters. The maximum Gasteiger partial charge on any atom is 0.351 e. The van der Waals surface area contributed by atoms with E-state index in [9.17, 15) is 14.9 Å². The number of carbonyl (C=O) groups is 2. The second-order valence-corrected chi connectivity index (χ2v) is 6.23. The fourth-order valence-corrected chi connectivity index (χ4v) is 3.42. The summed E-state index contributed by atoms with van der Waals surface area (Å²) in [6, 6.07) is 9.30. The molecule has 1 fully saturated rings. The summed E-state index contributed by atoms with van der Waals surface area (Å²) < 4.78 is 4.94. The minimum Gasteiger partial charge on any atom is -0.462 e. The van der Waals surface area contributed by atoms with Gasteiger partial charge in [0.1, 0.15) is 11.1 Å². The zero-order chi connectivity index (χ0) is 17.0. The first-order valence-corrected chi connectivity index (χ1v) is 8.30. The number of hydrogen-bond donors (Lipinski definition) is 0. The quantitative estimate of drug-likeness (QED) is 0.482. The highest BCUT2D eigenvalue weighted by atomic mass is 32.2. The van der Waals surface area contributed by atoms with Crippen LogP contribution < -0.4 is 4.90 Å². The third-order valence-electron chi connectivity index (χ3n) is 3.42. The van der Waals surface area contributed by atoms with E-state index in [0.29, 0.717) is 17.1 Å². The molecule has 0 unspecified atom stereocenters. The molecule has 0 radical (unpaired) electrons. The Labute approximate surface area is 139 Å². The Balaban J connectivity index is 2.54. The number of benzene rings is 1. The Kier molecular flexibility index (Phi) is 5.45. The molecule has 1 aromatic carbocycles. The molecule has 120 valence electrons. The highest BCUT2D eigenvalue weighted by Gasteiger charge is 2.40. The minimum absolute atomic E-state index is 0.117. The van der Waals surface area contributed by atoms with Crippen LogP contribution in [0.4, 0.5) is 5.69 Å². The molecule has 2 rings (SSSR count). The standard InChI is InChI=1S/C17H18N2O3S/c1-4-14-15(20)19(12-8-6-11(3)7-9-12)16(23-14)13(10-18)17(21)22-5-2/h6-9,14H,4-5H2,1-3H3/b16-13+/t14-/m1/s1. The van der Waals surface area contributed by atoms with E-state index < -0.39 is 5.97 Å². The normalized spacial score (nSPS) is 19.5. The lowest BCUT2D eigenvalue weighted by molar-refractivity contribution is -0.138. The van der Waals surface area contributed by atoms with Gasteiger partial charge < -0.3 is 4.74 Å². The summed E-state index contributed by atoms with van der Waals surface area (Å²) in [4.78, 5) is 26.1. The highest BCUT2D eigenvalue weighted by Crippen LogP contribution is 2.41. The van der Waals surface area contributed by atoms with Crippen molar-refractivity contribution in [3.8, 4) is 6.07 Å². The zero-order valence-corrected chi connectivity index (χ0v) is 14.1. The number of hydrogen-bond acceptors (Lipinski definition) is 5. The average Bonchev–Trinajstić information content (AvgIpc) is 2.86. The van der Waals surface area contributed by atoms with Gasteiger partial charge in [0.2, 0.25) is 5.91 Å². The molecule has 1 aliphatic heterocycles. The van der Waals surface area contributed by atoms with Crippen LogP contribution >= 0.6 is 11.8 Å². The first kappa shape index (κ1) is 17.1. The fraction of sp³-hybridized carbons (Fsp3) is 0.353. The number of anilines is 1. The van der Waals surface area contributed by atoms with Crippen molar-refractivity contribution < 1.29 is 14.3 Å². The highest BCUT2D eigenvalue weighted by molar-refractivity contribution is 8.05. The van der Waals surface area contributed by atoms with Gasteiger partial charge in [0, 0.05) is 5.69 Å². The molecule has 0 spiro atoms. The van der Waals surface area contributed by atoms with Crippen LogP contribution in [0.5, 0.6) is 0 Å². The molecule has 0 aliphatic carbocycles. The summed E-state index contributed by atoms with van der Waals surface area (Å²) in [5.74, 6) is -0.812.